The van der Waals surface area contributed by atoms with Gasteiger partial charge in [0.15, 0.2) is 0 Å². The van der Waals surface area contributed by atoms with E-state index in [1.165, 1.54) is 0 Å². The first-order valence-electron chi connectivity index (χ1n) is 1.52. The van der Waals surface area contributed by atoms with Gasteiger partial charge in [-0.05, 0) is 0 Å². The average Bonchev–Trinajstić information content (AvgIpc) is 1.27. The Morgan fingerprint density at radius 2 is 1.86 bits per heavy atom. The molecule has 0 aliphatic heterocycles. The molecule has 0 unspecified atom stereocenters. The standard InChI is InChI=1S/C2H3BF2O2/c4-2(5)1-3(6)7/h1,6-7H. The molecule has 0 aromatic heterocycles. The molecule has 0 aliphatic carbocycles. The van der Waals surface area contributed by atoms with Crippen LogP contribution in [-0.4, -0.2) is 17.2 Å². The second-order valence-electron chi connectivity index (χ2n) is 0.870. The highest BCUT2D eigenvalue weighted by atomic mass is 19.3. The van der Waals surface area contributed by atoms with E-state index in [1.807, 2.05) is 0 Å². The first kappa shape index (κ1) is 6.58. The summed E-state index contributed by atoms with van der Waals surface area (Å²) < 4.78 is 21.7. The zero-order valence-electron chi connectivity index (χ0n) is 3.31. The van der Waals surface area contributed by atoms with E-state index in [2.05, 4.69) is 0 Å². The summed E-state index contributed by atoms with van der Waals surface area (Å²) in [5.41, 5.74) is 0. The molecule has 40 valence electrons. The molecule has 0 atom stereocenters. The molecule has 0 radical (unpaired) electrons. The van der Waals surface area contributed by atoms with E-state index in [1.54, 1.807) is 0 Å². The summed E-state index contributed by atoms with van der Waals surface area (Å²) in [6.45, 7) is 0. The van der Waals surface area contributed by atoms with Crippen LogP contribution in [0, 0.1) is 0 Å². The number of halogens is 2. The van der Waals surface area contributed by atoms with Crippen molar-refractivity contribution in [1.29, 1.82) is 0 Å². The smallest absolute Gasteiger partial charge is 0.423 e. The van der Waals surface area contributed by atoms with Gasteiger partial charge in [-0.25, -0.2) is 0 Å². The molecule has 2 N–H and O–H groups in total. The highest BCUT2D eigenvalue weighted by Gasteiger charge is 2.02. The topological polar surface area (TPSA) is 40.5 Å². The molecule has 0 heterocycles. The molecule has 0 saturated heterocycles. The van der Waals surface area contributed by atoms with E-state index >= 15 is 0 Å². The summed E-state index contributed by atoms with van der Waals surface area (Å²) in [7, 11) is -2.04. The van der Waals surface area contributed by atoms with Gasteiger partial charge in [0.1, 0.15) is 0 Å². The SMILES string of the molecule is OB(O)C=C(F)F. The minimum absolute atomic E-state index is 0.0278. The molecule has 0 amide bonds. The number of hydrogen-bond donors (Lipinski definition) is 2. The van der Waals surface area contributed by atoms with Gasteiger partial charge in [-0.3, -0.25) is 0 Å². The largest absolute Gasteiger partial charge is 0.486 e. The lowest BCUT2D eigenvalue weighted by atomic mass is 9.93. The second kappa shape index (κ2) is 2.71. The first-order valence-corrected chi connectivity index (χ1v) is 1.52. The molecule has 7 heavy (non-hydrogen) atoms. The second-order valence-corrected chi connectivity index (χ2v) is 0.870. The third-order valence-corrected chi connectivity index (χ3v) is 0.275. The van der Waals surface area contributed by atoms with Crippen LogP contribution in [0.1, 0.15) is 0 Å². The molecule has 0 aromatic rings. The molecule has 0 saturated carbocycles. The third kappa shape index (κ3) is 5.58. The first-order chi connectivity index (χ1) is 3.13. The van der Waals surface area contributed by atoms with Crippen LogP contribution in [0.25, 0.3) is 0 Å². The molecule has 0 fully saturated rings. The lowest BCUT2D eigenvalue weighted by molar-refractivity contribution is 0.399. The zero-order chi connectivity index (χ0) is 5.86. The van der Waals surface area contributed by atoms with Gasteiger partial charge in [0.25, 0.3) is 6.08 Å². The van der Waals surface area contributed by atoms with E-state index in [4.69, 9.17) is 10.0 Å². The number of rotatable bonds is 1. The van der Waals surface area contributed by atoms with Crippen LogP contribution < -0.4 is 0 Å². The molecule has 2 nitrogen and oxygen atoms in total. The van der Waals surface area contributed by atoms with Gasteiger partial charge < -0.3 is 10.0 Å². The summed E-state index contributed by atoms with van der Waals surface area (Å²) >= 11 is 0. The summed E-state index contributed by atoms with van der Waals surface area (Å²) in [5.74, 6) is 0.0278. The minimum atomic E-state index is -2.09. The minimum Gasteiger partial charge on any atom is -0.423 e. The van der Waals surface area contributed by atoms with Crippen LogP contribution in [0.2, 0.25) is 0 Å². The van der Waals surface area contributed by atoms with Crippen molar-refractivity contribution in [2.45, 2.75) is 0 Å². The van der Waals surface area contributed by atoms with E-state index in [9.17, 15) is 8.78 Å². The van der Waals surface area contributed by atoms with Gasteiger partial charge in [-0.15, -0.1) is 0 Å². The maximum Gasteiger partial charge on any atom is 0.486 e. The summed E-state index contributed by atoms with van der Waals surface area (Å²) in [4.78, 5) is 0. The maximum absolute atomic E-state index is 10.8. The van der Waals surface area contributed by atoms with Gasteiger partial charge in [0, 0.05) is 5.98 Å². The molecule has 0 aromatic carbocycles. The predicted octanol–water partition coefficient (Wildman–Crippen LogP) is -0.221. The third-order valence-electron chi connectivity index (χ3n) is 0.275. The van der Waals surface area contributed by atoms with Crippen LogP contribution in [0.3, 0.4) is 0 Å². The molecule has 0 spiro atoms. The molecular weight excluding hydrogens is 105 g/mol. The van der Waals surface area contributed by atoms with Gasteiger partial charge in [-0.1, -0.05) is 0 Å². The molecule has 5 heteroatoms. The van der Waals surface area contributed by atoms with Crippen LogP contribution in [-0.2, 0) is 0 Å². The van der Waals surface area contributed by atoms with Crippen molar-refractivity contribution in [3.63, 3.8) is 0 Å². The van der Waals surface area contributed by atoms with Crippen molar-refractivity contribution in [3.8, 4) is 0 Å². The van der Waals surface area contributed by atoms with Crippen LogP contribution in [0.15, 0.2) is 12.1 Å². The Kier molecular flexibility index (Phi) is 2.55. The monoisotopic (exact) mass is 108 g/mol. The van der Waals surface area contributed by atoms with E-state index in [0.29, 0.717) is 0 Å². The normalized spacial score (nSPS) is 8.00. The Morgan fingerprint density at radius 3 is 1.86 bits per heavy atom. The fraction of sp³-hybridized carbons (Fsp3) is 0. The van der Waals surface area contributed by atoms with Crippen LogP contribution in [0.5, 0.6) is 0 Å². The van der Waals surface area contributed by atoms with Crippen LogP contribution >= 0.6 is 0 Å². The van der Waals surface area contributed by atoms with Gasteiger partial charge >= 0.3 is 7.12 Å². The Bertz CT molecular complexity index is 77.8. The molecule has 0 rings (SSSR count). The number of hydrogen-bond acceptors (Lipinski definition) is 2. The fourth-order valence-corrected chi connectivity index (χ4v) is 0.113. The quantitative estimate of drug-likeness (QED) is 0.455. The summed E-state index contributed by atoms with van der Waals surface area (Å²) in [5, 5.41) is 15.4. The molecule has 0 aliphatic rings. The van der Waals surface area contributed by atoms with E-state index in [-0.39, 0.29) is 5.98 Å². The van der Waals surface area contributed by atoms with Gasteiger partial charge in [0.2, 0.25) is 0 Å². The Labute approximate surface area is 39.2 Å². The van der Waals surface area contributed by atoms with E-state index < -0.39 is 13.2 Å². The van der Waals surface area contributed by atoms with Crippen molar-refractivity contribution in [3.05, 3.63) is 12.1 Å². The lowest BCUT2D eigenvalue weighted by Crippen LogP contribution is -2.05. The van der Waals surface area contributed by atoms with Gasteiger partial charge in [0.05, 0.1) is 0 Å². The Balaban J connectivity index is 3.45. The molecular formula is C2H3BF2O2. The highest BCUT2D eigenvalue weighted by molar-refractivity contribution is 6.47. The van der Waals surface area contributed by atoms with E-state index in [0.717, 1.165) is 0 Å². The summed E-state index contributed by atoms with van der Waals surface area (Å²) in [6.07, 6.45) is -2.09. The van der Waals surface area contributed by atoms with Crippen LogP contribution in [0.4, 0.5) is 8.78 Å². The molecule has 0 bridgehead atoms. The Morgan fingerprint density at radius 1 is 1.43 bits per heavy atom. The van der Waals surface area contributed by atoms with Crippen molar-refractivity contribution in [1.82, 2.24) is 0 Å². The fourth-order valence-electron chi connectivity index (χ4n) is 0.113. The van der Waals surface area contributed by atoms with Crippen molar-refractivity contribution in [2.24, 2.45) is 0 Å². The Hall–Kier alpha value is -0.415. The zero-order valence-corrected chi connectivity index (χ0v) is 3.31. The predicted molar refractivity (Wildman–Crippen MR) is 20.5 cm³/mol. The lowest BCUT2D eigenvalue weighted by Gasteiger charge is -1.80. The summed E-state index contributed by atoms with van der Waals surface area (Å²) in [6, 6.07) is 0. The highest BCUT2D eigenvalue weighted by Crippen LogP contribution is 1.94. The van der Waals surface area contributed by atoms with Crippen molar-refractivity contribution in [2.75, 3.05) is 0 Å². The van der Waals surface area contributed by atoms with Crippen molar-refractivity contribution >= 4 is 7.12 Å². The van der Waals surface area contributed by atoms with Crippen molar-refractivity contribution < 1.29 is 18.8 Å². The maximum atomic E-state index is 10.8. The van der Waals surface area contributed by atoms with Gasteiger partial charge in [-0.2, -0.15) is 8.78 Å². The average molecular weight is 108 g/mol.